The molecule has 12 heteroatoms. The van der Waals surface area contributed by atoms with Crippen LogP contribution in [0.25, 0.3) is 0 Å². The number of rotatable bonds is 18. The molecule has 0 spiro atoms. The number of carbonyl (C=O) groups is 1. The quantitative estimate of drug-likeness (QED) is 0.133. The van der Waals surface area contributed by atoms with Gasteiger partial charge in [-0.3, -0.25) is 4.79 Å². The third-order valence-corrected chi connectivity index (χ3v) is 7.46. The second-order valence-electron chi connectivity index (χ2n) is 11.2. The van der Waals surface area contributed by atoms with Crippen LogP contribution < -0.4 is 27.0 Å². The molecule has 1 aromatic heterocycles. The van der Waals surface area contributed by atoms with Gasteiger partial charge in [-0.2, -0.15) is 15.0 Å². The van der Waals surface area contributed by atoms with E-state index in [1.54, 1.807) is 12.1 Å². The fourth-order valence-corrected chi connectivity index (χ4v) is 4.89. The van der Waals surface area contributed by atoms with E-state index in [2.05, 4.69) is 43.1 Å². The Kier molecular flexibility index (Phi) is 13.6. The zero-order valence-corrected chi connectivity index (χ0v) is 25.5. The maximum atomic E-state index is 13.3. The van der Waals surface area contributed by atoms with Crippen LogP contribution in [0.4, 0.5) is 27.9 Å². The largest absolute Gasteiger partial charge is 0.378 e. The van der Waals surface area contributed by atoms with Crippen LogP contribution in [-0.4, -0.2) is 66.9 Å². The van der Waals surface area contributed by atoms with Crippen LogP contribution in [0.5, 0.6) is 0 Å². The standard InChI is InChI=1S/C32H45FN8O3/c1-23-2-4-25(5-3-23)21-36-30-39-31(37-22-26-6-10-27(33)11-7-26)41-32(40-30)38-28-12-8-24(9-13-28)20-29(42)35-15-17-44-19-18-43-16-14-34/h6-13,23,25H,2-5,14-22,34H2,1H3,(H,35,42)(H3,36,37,38,39,40,41). The van der Waals surface area contributed by atoms with Crippen molar-refractivity contribution in [1.29, 1.82) is 0 Å². The minimum atomic E-state index is -0.276. The monoisotopic (exact) mass is 608 g/mol. The molecule has 238 valence electrons. The van der Waals surface area contributed by atoms with E-state index in [0.29, 0.717) is 69.8 Å². The normalized spacial score (nSPS) is 16.3. The maximum Gasteiger partial charge on any atom is 0.233 e. The van der Waals surface area contributed by atoms with E-state index in [0.717, 1.165) is 29.3 Å². The number of amides is 1. The highest BCUT2D eigenvalue weighted by Crippen LogP contribution is 2.28. The molecule has 0 radical (unpaired) electrons. The Labute approximate surface area is 258 Å². The van der Waals surface area contributed by atoms with Crippen molar-refractivity contribution in [2.45, 2.75) is 45.6 Å². The summed E-state index contributed by atoms with van der Waals surface area (Å²) in [7, 11) is 0. The fourth-order valence-electron chi connectivity index (χ4n) is 4.89. The van der Waals surface area contributed by atoms with Crippen molar-refractivity contribution in [3.05, 3.63) is 65.5 Å². The smallest absolute Gasteiger partial charge is 0.233 e. The Hall–Kier alpha value is -3.87. The number of halogens is 1. The van der Waals surface area contributed by atoms with Crippen molar-refractivity contribution < 1.29 is 18.7 Å². The summed E-state index contributed by atoms with van der Waals surface area (Å²) < 4.78 is 24.0. The van der Waals surface area contributed by atoms with Crippen LogP contribution in [0.2, 0.25) is 0 Å². The number of nitrogens with one attached hydrogen (secondary N) is 4. The van der Waals surface area contributed by atoms with Crippen LogP contribution in [0.1, 0.15) is 43.7 Å². The third kappa shape index (κ3) is 12.0. The van der Waals surface area contributed by atoms with Gasteiger partial charge in [-0.15, -0.1) is 0 Å². The first-order valence-corrected chi connectivity index (χ1v) is 15.4. The Morgan fingerprint density at radius 2 is 1.48 bits per heavy atom. The van der Waals surface area contributed by atoms with Gasteiger partial charge < -0.3 is 36.5 Å². The topological polar surface area (TPSA) is 148 Å². The van der Waals surface area contributed by atoms with E-state index in [4.69, 9.17) is 15.2 Å². The molecule has 0 unspecified atom stereocenters. The summed E-state index contributed by atoms with van der Waals surface area (Å²) in [6.07, 6.45) is 5.15. The molecular weight excluding hydrogens is 563 g/mol. The van der Waals surface area contributed by atoms with Gasteiger partial charge in [0.25, 0.3) is 0 Å². The number of hydrogen-bond acceptors (Lipinski definition) is 10. The minimum absolute atomic E-state index is 0.0776. The van der Waals surface area contributed by atoms with Crippen LogP contribution in [0.3, 0.4) is 0 Å². The van der Waals surface area contributed by atoms with Crippen molar-refractivity contribution >= 4 is 29.4 Å². The second kappa shape index (κ2) is 18.1. The lowest BCUT2D eigenvalue weighted by Crippen LogP contribution is -2.29. The molecule has 3 aromatic rings. The van der Waals surface area contributed by atoms with E-state index in [1.807, 2.05) is 24.3 Å². The summed E-state index contributed by atoms with van der Waals surface area (Å²) in [5.74, 6) is 2.32. The molecule has 1 aliphatic rings. The van der Waals surface area contributed by atoms with E-state index < -0.39 is 0 Å². The van der Waals surface area contributed by atoms with Crippen LogP contribution in [0.15, 0.2) is 48.5 Å². The number of anilines is 4. The lowest BCUT2D eigenvalue weighted by atomic mass is 9.83. The molecular formula is C32H45FN8O3. The molecule has 1 fully saturated rings. The van der Waals surface area contributed by atoms with Crippen molar-refractivity contribution in [1.82, 2.24) is 20.3 Å². The molecule has 0 atom stereocenters. The molecule has 11 nitrogen and oxygen atoms in total. The lowest BCUT2D eigenvalue weighted by Gasteiger charge is -2.26. The first kappa shape index (κ1) is 33.0. The molecule has 0 aliphatic heterocycles. The fraction of sp³-hybridized carbons (Fsp3) is 0.500. The van der Waals surface area contributed by atoms with Gasteiger partial charge in [-0.05, 0) is 60.1 Å². The van der Waals surface area contributed by atoms with E-state index in [1.165, 1.54) is 37.8 Å². The highest BCUT2D eigenvalue weighted by atomic mass is 19.1. The first-order chi connectivity index (χ1) is 21.5. The van der Waals surface area contributed by atoms with Gasteiger partial charge in [0.1, 0.15) is 5.82 Å². The van der Waals surface area contributed by atoms with Crippen LogP contribution in [0, 0.1) is 17.7 Å². The molecule has 1 aliphatic carbocycles. The highest BCUT2D eigenvalue weighted by molar-refractivity contribution is 5.78. The van der Waals surface area contributed by atoms with Gasteiger partial charge in [0.15, 0.2) is 0 Å². The Morgan fingerprint density at radius 1 is 0.841 bits per heavy atom. The number of nitrogens with two attached hydrogens (primary N) is 1. The molecule has 1 amide bonds. The molecule has 1 saturated carbocycles. The number of aromatic nitrogens is 3. The number of carbonyl (C=O) groups excluding carboxylic acids is 1. The average Bonchev–Trinajstić information content (AvgIpc) is 3.03. The zero-order chi connectivity index (χ0) is 31.0. The summed E-state index contributed by atoms with van der Waals surface area (Å²) in [5, 5.41) is 12.8. The maximum absolute atomic E-state index is 13.3. The summed E-state index contributed by atoms with van der Waals surface area (Å²) in [5.41, 5.74) is 7.94. The lowest BCUT2D eigenvalue weighted by molar-refractivity contribution is -0.120. The number of nitrogens with zero attached hydrogens (tertiary/aromatic N) is 3. The molecule has 6 N–H and O–H groups in total. The number of ether oxygens (including phenoxy) is 2. The van der Waals surface area contributed by atoms with Gasteiger partial charge in [0.2, 0.25) is 23.8 Å². The summed E-state index contributed by atoms with van der Waals surface area (Å²) in [4.78, 5) is 26.1. The van der Waals surface area contributed by atoms with E-state index >= 15 is 0 Å². The van der Waals surface area contributed by atoms with Crippen molar-refractivity contribution in [3.8, 4) is 0 Å². The van der Waals surface area contributed by atoms with Crippen LogP contribution >= 0.6 is 0 Å². The van der Waals surface area contributed by atoms with Gasteiger partial charge in [0, 0.05) is 31.9 Å². The third-order valence-electron chi connectivity index (χ3n) is 7.46. The minimum Gasteiger partial charge on any atom is -0.378 e. The molecule has 44 heavy (non-hydrogen) atoms. The highest BCUT2D eigenvalue weighted by Gasteiger charge is 2.18. The summed E-state index contributed by atoms with van der Waals surface area (Å²) >= 11 is 0. The van der Waals surface area contributed by atoms with E-state index in [9.17, 15) is 9.18 Å². The van der Waals surface area contributed by atoms with Crippen molar-refractivity contribution in [2.75, 3.05) is 62.0 Å². The SMILES string of the molecule is CC1CCC(CNc2nc(NCc3ccc(F)cc3)nc(Nc3ccc(CC(=O)NCCOCCOCCN)cc3)n2)CC1. The molecule has 1 heterocycles. The molecule has 4 rings (SSSR count). The van der Waals surface area contributed by atoms with Gasteiger partial charge in [-0.25, -0.2) is 4.39 Å². The van der Waals surface area contributed by atoms with Crippen molar-refractivity contribution in [3.63, 3.8) is 0 Å². The average molecular weight is 609 g/mol. The predicted molar refractivity (Wildman–Crippen MR) is 170 cm³/mol. The Balaban J connectivity index is 1.30. The first-order valence-electron chi connectivity index (χ1n) is 15.4. The summed E-state index contributed by atoms with van der Waals surface area (Å²) in [6, 6.07) is 13.9. The summed E-state index contributed by atoms with van der Waals surface area (Å²) in [6.45, 7) is 6.37. The zero-order valence-electron chi connectivity index (χ0n) is 25.5. The number of hydrogen-bond donors (Lipinski definition) is 5. The van der Waals surface area contributed by atoms with Crippen LogP contribution in [-0.2, 0) is 27.2 Å². The predicted octanol–water partition coefficient (Wildman–Crippen LogP) is 4.26. The Morgan fingerprint density at radius 3 is 2.18 bits per heavy atom. The van der Waals surface area contributed by atoms with Gasteiger partial charge in [-0.1, -0.05) is 44.0 Å². The van der Waals surface area contributed by atoms with Crippen molar-refractivity contribution in [2.24, 2.45) is 17.6 Å². The molecule has 0 bridgehead atoms. The molecule has 2 aromatic carbocycles. The molecule has 0 saturated heterocycles. The van der Waals surface area contributed by atoms with Gasteiger partial charge in [0.05, 0.1) is 32.8 Å². The van der Waals surface area contributed by atoms with E-state index in [-0.39, 0.29) is 18.1 Å². The number of benzene rings is 2. The Bertz CT molecular complexity index is 1270. The second-order valence-corrected chi connectivity index (χ2v) is 11.2. The van der Waals surface area contributed by atoms with Gasteiger partial charge >= 0.3 is 0 Å².